The number of aromatic nitrogens is 5. The van der Waals surface area contributed by atoms with Gasteiger partial charge in [-0.3, -0.25) is 9.48 Å². The van der Waals surface area contributed by atoms with Gasteiger partial charge in [-0.1, -0.05) is 11.6 Å². The molecule has 5 rings (SSSR count). The van der Waals surface area contributed by atoms with E-state index < -0.39 is 6.10 Å². The Morgan fingerprint density at radius 1 is 1.29 bits per heavy atom. The lowest BCUT2D eigenvalue weighted by Gasteiger charge is -2.19. The summed E-state index contributed by atoms with van der Waals surface area (Å²) in [5.74, 6) is 0.184. The minimum atomic E-state index is -0.602. The molecular weight excluding hydrogens is 470 g/mol. The highest BCUT2D eigenvalue weighted by Gasteiger charge is 2.22. The SMILES string of the molecule is COc1ccc(Cl)cc1-c1nn(C[C@@H](O)CN2CCCC2)cc1NC(=O)c1cnn2cccnc12. The minimum Gasteiger partial charge on any atom is -0.496 e. The van der Waals surface area contributed by atoms with E-state index in [4.69, 9.17) is 16.3 Å². The van der Waals surface area contributed by atoms with Gasteiger partial charge in [0.1, 0.15) is 17.0 Å². The molecular formula is C24H26ClN7O3. The lowest BCUT2D eigenvalue weighted by Crippen LogP contribution is -2.32. The molecule has 0 radical (unpaired) electrons. The molecule has 4 heterocycles. The number of likely N-dealkylation sites (tertiary alicyclic amines) is 1. The Morgan fingerprint density at radius 3 is 2.91 bits per heavy atom. The van der Waals surface area contributed by atoms with Crippen molar-refractivity contribution in [1.29, 1.82) is 0 Å². The summed E-state index contributed by atoms with van der Waals surface area (Å²) in [7, 11) is 1.56. The number of ether oxygens (including phenoxy) is 1. The zero-order valence-electron chi connectivity index (χ0n) is 19.3. The van der Waals surface area contributed by atoms with E-state index in [0.29, 0.717) is 45.5 Å². The Kier molecular flexibility index (Phi) is 6.67. The highest BCUT2D eigenvalue weighted by atomic mass is 35.5. The number of amides is 1. The number of nitrogens with one attached hydrogen (secondary N) is 1. The molecule has 0 spiro atoms. The van der Waals surface area contributed by atoms with Crippen molar-refractivity contribution in [2.24, 2.45) is 0 Å². The first kappa shape index (κ1) is 23.3. The third-order valence-electron chi connectivity index (χ3n) is 6.02. The fourth-order valence-corrected chi connectivity index (χ4v) is 4.56. The number of carbonyl (C=O) groups excluding carboxylic acids is 1. The fourth-order valence-electron chi connectivity index (χ4n) is 4.38. The Balaban J connectivity index is 1.47. The topological polar surface area (TPSA) is 110 Å². The monoisotopic (exact) mass is 495 g/mol. The summed E-state index contributed by atoms with van der Waals surface area (Å²) >= 11 is 6.27. The third-order valence-corrected chi connectivity index (χ3v) is 6.25. The van der Waals surface area contributed by atoms with Crippen LogP contribution in [-0.2, 0) is 6.54 Å². The van der Waals surface area contributed by atoms with E-state index in [1.807, 2.05) is 0 Å². The van der Waals surface area contributed by atoms with Crippen LogP contribution in [0.25, 0.3) is 16.9 Å². The number of hydrogen-bond donors (Lipinski definition) is 2. The summed E-state index contributed by atoms with van der Waals surface area (Å²) in [4.78, 5) is 19.7. The molecule has 1 fully saturated rings. The Bertz CT molecular complexity index is 1350. The van der Waals surface area contributed by atoms with Crippen LogP contribution >= 0.6 is 11.6 Å². The summed E-state index contributed by atoms with van der Waals surface area (Å²) in [6.07, 6.45) is 8.22. The zero-order chi connectivity index (χ0) is 24.4. The number of carbonyl (C=O) groups is 1. The maximum atomic E-state index is 13.2. The highest BCUT2D eigenvalue weighted by molar-refractivity contribution is 6.31. The first-order chi connectivity index (χ1) is 17.0. The van der Waals surface area contributed by atoms with Crippen molar-refractivity contribution in [3.63, 3.8) is 0 Å². The van der Waals surface area contributed by atoms with E-state index in [1.54, 1.807) is 54.6 Å². The summed E-state index contributed by atoms with van der Waals surface area (Å²) < 4.78 is 8.70. The second-order valence-corrected chi connectivity index (χ2v) is 8.96. The average Bonchev–Trinajstić information content (AvgIpc) is 3.59. The van der Waals surface area contributed by atoms with E-state index in [-0.39, 0.29) is 12.5 Å². The normalized spacial score (nSPS) is 14.9. The molecule has 1 atom stereocenters. The number of aliphatic hydroxyl groups excluding tert-OH is 1. The van der Waals surface area contributed by atoms with Gasteiger partial charge in [0.05, 0.1) is 31.6 Å². The van der Waals surface area contributed by atoms with Gasteiger partial charge in [0.15, 0.2) is 5.65 Å². The molecule has 35 heavy (non-hydrogen) atoms. The molecule has 182 valence electrons. The smallest absolute Gasteiger partial charge is 0.261 e. The van der Waals surface area contributed by atoms with Gasteiger partial charge in [-0.25, -0.2) is 9.50 Å². The molecule has 1 amide bonds. The summed E-state index contributed by atoms with van der Waals surface area (Å²) in [6, 6.07) is 6.95. The van der Waals surface area contributed by atoms with Gasteiger partial charge < -0.3 is 20.1 Å². The van der Waals surface area contributed by atoms with Crippen LogP contribution in [0.3, 0.4) is 0 Å². The Hall–Kier alpha value is -3.47. The highest BCUT2D eigenvalue weighted by Crippen LogP contribution is 2.36. The molecule has 0 aliphatic carbocycles. The van der Waals surface area contributed by atoms with Gasteiger partial charge in [-0.15, -0.1) is 0 Å². The molecule has 0 unspecified atom stereocenters. The molecule has 3 aromatic heterocycles. The predicted octanol–water partition coefficient (Wildman–Crippen LogP) is 2.96. The van der Waals surface area contributed by atoms with Crippen molar-refractivity contribution in [3.05, 3.63) is 59.6 Å². The number of anilines is 1. The van der Waals surface area contributed by atoms with Crippen LogP contribution in [0, 0.1) is 0 Å². The molecule has 11 heteroatoms. The van der Waals surface area contributed by atoms with Gasteiger partial charge >= 0.3 is 0 Å². The van der Waals surface area contributed by atoms with Crippen molar-refractivity contribution in [2.75, 3.05) is 32.1 Å². The maximum absolute atomic E-state index is 13.2. The van der Waals surface area contributed by atoms with Crippen LogP contribution < -0.4 is 10.1 Å². The average molecular weight is 496 g/mol. The zero-order valence-corrected chi connectivity index (χ0v) is 20.0. The van der Waals surface area contributed by atoms with Gasteiger partial charge in [0.25, 0.3) is 5.91 Å². The molecule has 2 N–H and O–H groups in total. The quantitative estimate of drug-likeness (QED) is 0.386. The number of aliphatic hydroxyl groups is 1. The number of β-amino-alcohol motifs (C(OH)–C–C–N with tert-alkyl or cyclic N) is 1. The Morgan fingerprint density at radius 2 is 2.11 bits per heavy atom. The van der Waals surface area contributed by atoms with Crippen LogP contribution in [0.15, 0.2) is 49.1 Å². The molecule has 1 aromatic carbocycles. The van der Waals surface area contributed by atoms with E-state index in [0.717, 1.165) is 25.9 Å². The number of nitrogens with zero attached hydrogens (tertiary/aromatic N) is 6. The minimum absolute atomic E-state index is 0.278. The van der Waals surface area contributed by atoms with Crippen LogP contribution in [-0.4, -0.2) is 73.1 Å². The van der Waals surface area contributed by atoms with Crippen molar-refractivity contribution in [1.82, 2.24) is 29.3 Å². The van der Waals surface area contributed by atoms with Gasteiger partial charge in [0.2, 0.25) is 0 Å². The van der Waals surface area contributed by atoms with Gasteiger partial charge in [-0.05, 0) is 50.2 Å². The first-order valence-corrected chi connectivity index (χ1v) is 11.8. The molecule has 4 aromatic rings. The summed E-state index contributed by atoms with van der Waals surface area (Å²) in [6.45, 7) is 2.85. The van der Waals surface area contributed by atoms with Crippen LogP contribution in [0.1, 0.15) is 23.2 Å². The molecule has 10 nitrogen and oxygen atoms in total. The number of benzene rings is 1. The summed E-state index contributed by atoms with van der Waals surface area (Å²) in [5.41, 5.74) is 2.34. The van der Waals surface area contributed by atoms with Crippen molar-refractivity contribution >= 4 is 28.8 Å². The number of methoxy groups -OCH3 is 1. The van der Waals surface area contributed by atoms with Crippen LogP contribution in [0.4, 0.5) is 5.69 Å². The van der Waals surface area contributed by atoms with E-state index >= 15 is 0 Å². The lowest BCUT2D eigenvalue weighted by atomic mass is 10.1. The Labute approximate surface area is 207 Å². The molecule has 0 bridgehead atoms. The van der Waals surface area contributed by atoms with Gasteiger partial charge in [-0.2, -0.15) is 10.2 Å². The second kappa shape index (κ2) is 10.0. The van der Waals surface area contributed by atoms with Crippen molar-refractivity contribution in [3.8, 4) is 17.0 Å². The van der Waals surface area contributed by atoms with Crippen LogP contribution in [0.5, 0.6) is 5.75 Å². The molecule has 1 aliphatic heterocycles. The molecule has 0 saturated carbocycles. The number of hydrogen-bond acceptors (Lipinski definition) is 7. The molecule has 1 saturated heterocycles. The number of fused-ring (bicyclic) bond motifs is 1. The number of rotatable bonds is 8. The van der Waals surface area contributed by atoms with E-state index in [9.17, 15) is 9.90 Å². The standard InChI is InChI=1S/C24H26ClN7O3/c1-35-21-6-5-16(25)11-18(21)22-20(15-31(29-22)14-17(33)13-30-8-2-3-9-30)28-24(34)19-12-27-32-10-4-7-26-23(19)32/h4-7,10-12,15,17,33H,2-3,8-9,13-14H2,1H3,(H,28,34)/t17-/m0/s1. The van der Waals surface area contributed by atoms with Crippen molar-refractivity contribution in [2.45, 2.75) is 25.5 Å². The van der Waals surface area contributed by atoms with Gasteiger partial charge in [0, 0.05) is 35.7 Å². The molecule has 1 aliphatic rings. The van der Waals surface area contributed by atoms with Crippen molar-refractivity contribution < 1.29 is 14.6 Å². The maximum Gasteiger partial charge on any atom is 0.261 e. The summed E-state index contributed by atoms with van der Waals surface area (Å²) in [5, 5.41) is 23.0. The lowest BCUT2D eigenvalue weighted by molar-refractivity contribution is 0.102. The second-order valence-electron chi connectivity index (χ2n) is 8.52. The number of halogens is 1. The first-order valence-electron chi connectivity index (χ1n) is 11.4. The predicted molar refractivity (Wildman–Crippen MR) is 132 cm³/mol. The van der Waals surface area contributed by atoms with E-state index in [2.05, 4.69) is 25.4 Å². The van der Waals surface area contributed by atoms with Crippen LogP contribution in [0.2, 0.25) is 5.02 Å². The third kappa shape index (κ3) is 5.00. The van der Waals surface area contributed by atoms with E-state index in [1.165, 1.54) is 10.7 Å². The fraction of sp³-hybridized carbons (Fsp3) is 0.333. The largest absolute Gasteiger partial charge is 0.496 e.